The Bertz CT molecular complexity index is 141. The van der Waals surface area contributed by atoms with Gasteiger partial charge in [-0.1, -0.05) is 44.3 Å². The summed E-state index contributed by atoms with van der Waals surface area (Å²) in [6.07, 6.45) is 8.39. The van der Waals surface area contributed by atoms with Gasteiger partial charge in [0, 0.05) is 6.54 Å². The molecule has 1 rings (SSSR count). The first-order valence-corrected chi connectivity index (χ1v) is 5.61. The van der Waals surface area contributed by atoms with Gasteiger partial charge in [-0.15, -0.1) is 12.6 Å². The minimum atomic E-state index is 0.630. The molecule has 12 heavy (non-hydrogen) atoms. The van der Waals surface area contributed by atoms with Crippen molar-refractivity contribution in [3.8, 4) is 0 Å². The van der Waals surface area contributed by atoms with E-state index in [9.17, 15) is 0 Å². The summed E-state index contributed by atoms with van der Waals surface area (Å²) < 4.78 is 0.630. The Morgan fingerprint density at radius 1 is 1.33 bits per heavy atom. The number of nitrogens with one attached hydrogen (secondary N) is 1. The van der Waals surface area contributed by atoms with Crippen molar-refractivity contribution in [1.29, 1.82) is 0 Å². The highest BCUT2D eigenvalue weighted by atomic mass is 32.1. The molecule has 0 heterocycles. The van der Waals surface area contributed by atoms with Crippen LogP contribution in [0.25, 0.3) is 0 Å². The molecule has 3 heteroatoms. The average molecular weight is 203 g/mol. The molecule has 0 atom stereocenters. The zero-order valence-corrected chi connectivity index (χ0v) is 9.09. The highest BCUT2D eigenvalue weighted by Gasteiger charge is 2.12. The van der Waals surface area contributed by atoms with Gasteiger partial charge in [0.1, 0.15) is 4.32 Å². The fourth-order valence-electron chi connectivity index (χ4n) is 1.86. The molecule has 1 aliphatic carbocycles. The molecule has 1 aliphatic rings. The molecule has 1 fully saturated rings. The summed E-state index contributed by atoms with van der Waals surface area (Å²) in [5.74, 6) is 0.939. The van der Waals surface area contributed by atoms with Gasteiger partial charge in [-0.25, -0.2) is 0 Å². The molecule has 0 amide bonds. The molecule has 70 valence electrons. The van der Waals surface area contributed by atoms with Gasteiger partial charge in [-0.3, -0.25) is 0 Å². The molecule has 0 radical (unpaired) electrons. The van der Waals surface area contributed by atoms with E-state index in [0.29, 0.717) is 4.32 Å². The molecule has 0 aromatic rings. The van der Waals surface area contributed by atoms with Crippen molar-refractivity contribution in [1.82, 2.24) is 5.32 Å². The lowest BCUT2D eigenvalue weighted by molar-refractivity contribution is 0.340. The lowest BCUT2D eigenvalue weighted by Crippen LogP contribution is -2.21. The van der Waals surface area contributed by atoms with Crippen LogP contribution in [-0.2, 0) is 0 Å². The minimum Gasteiger partial charge on any atom is -0.371 e. The SMILES string of the molecule is S=C(S)NCCC1CCCCC1. The number of hydrogen-bond donors (Lipinski definition) is 2. The molecule has 0 spiro atoms. The van der Waals surface area contributed by atoms with E-state index in [4.69, 9.17) is 12.2 Å². The van der Waals surface area contributed by atoms with Crippen LogP contribution in [0.15, 0.2) is 0 Å². The van der Waals surface area contributed by atoms with Crippen molar-refractivity contribution < 1.29 is 0 Å². The van der Waals surface area contributed by atoms with Crippen molar-refractivity contribution in [2.24, 2.45) is 5.92 Å². The van der Waals surface area contributed by atoms with Crippen LogP contribution < -0.4 is 5.32 Å². The first-order chi connectivity index (χ1) is 5.79. The van der Waals surface area contributed by atoms with Crippen LogP contribution in [0.1, 0.15) is 38.5 Å². The molecule has 0 aliphatic heterocycles. The molecule has 0 bridgehead atoms. The van der Waals surface area contributed by atoms with Crippen LogP contribution >= 0.6 is 24.8 Å². The van der Waals surface area contributed by atoms with Gasteiger partial charge in [-0.2, -0.15) is 0 Å². The third-order valence-corrected chi connectivity index (χ3v) is 2.86. The third-order valence-electron chi connectivity index (χ3n) is 2.55. The average Bonchev–Trinajstić information content (AvgIpc) is 2.05. The maximum atomic E-state index is 4.82. The molecule has 1 saturated carbocycles. The van der Waals surface area contributed by atoms with Crippen molar-refractivity contribution in [2.45, 2.75) is 38.5 Å². The number of thiocarbonyl (C=S) groups is 1. The summed E-state index contributed by atoms with van der Waals surface area (Å²) in [4.78, 5) is 0. The molecule has 1 N–H and O–H groups in total. The molecule has 0 saturated heterocycles. The number of hydrogen-bond acceptors (Lipinski definition) is 1. The Morgan fingerprint density at radius 2 is 2.00 bits per heavy atom. The zero-order valence-electron chi connectivity index (χ0n) is 7.38. The van der Waals surface area contributed by atoms with Gasteiger partial charge >= 0.3 is 0 Å². The van der Waals surface area contributed by atoms with Crippen LogP contribution in [0.3, 0.4) is 0 Å². The summed E-state index contributed by atoms with van der Waals surface area (Å²) in [5.41, 5.74) is 0. The van der Waals surface area contributed by atoms with Gasteiger partial charge in [0.05, 0.1) is 0 Å². The quantitative estimate of drug-likeness (QED) is 0.540. The third kappa shape index (κ3) is 4.31. The predicted octanol–water partition coefficient (Wildman–Crippen LogP) is 2.76. The molecule has 1 nitrogen and oxygen atoms in total. The Kier molecular flexibility index (Phi) is 5.00. The second kappa shape index (κ2) is 5.81. The molecular weight excluding hydrogens is 186 g/mol. The van der Waals surface area contributed by atoms with E-state index in [0.717, 1.165) is 12.5 Å². The smallest absolute Gasteiger partial charge is 0.130 e. The van der Waals surface area contributed by atoms with E-state index in [2.05, 4.69) is 17.9 Å². The van der Waals surface area contributed by atoms with E-state index in [-0.39, 0.29) is 0 Å². The first-order valence-electron chi connectivity index (χ1n) is 4.76. The molecule has 0 aromatic carbocycles. The van der Waals surface area contributed by atoms with Crippen molar-refractivity contribution in [2.75, 3.05) is 6.54 Å². The van der Waals surface area contributed by atoms with Gasteiger partial charge in [0.25, 0.3) is 0 Å². The monoisotopic (exact) mass is 203 g/mol. The molecular formula is C9H17NS2. The summed E-state index contributed by atoms with van der Waals surface area (Å²) in [6.45, 7) is 1.01. The molecule has 0 aromatic heterocycles. The van der Waals surface area contributed by atoms with Gasteiger partial charge in [0.2, 0.25) is 0 Å². The van der Waals surface area contributed by atoms with Gasteiger partial charge in [-0.05, 0) is 12.3 Å². The predicted molar refractivity (Wildman–Crippen MR) is 60.8 cm³/mol. The second-order valence-corrected chi connectivity index (χ2v) is 4.68. The van der Waals surface area contributed by atoms with E-state index in [1.54, 1.807) is 0 Å². The summed E-state index contributed by atoms with van der Waals surface area (Å²) in [6, 6.07) is 0. The summed E-state index contributed by atoms with van der Waals surface area (Å²) >= 11 is 8.83. The second-order valence-electron chi connectivity index (χ2n) is 3.52. The Morgan fingerprint density at radius 3 is 2.58 bits per heavy atom. The van der Waals surface area contributed by atoms with E-state index < -0.39 is 0 Å². The number of rotatable bonds is 3. The minimum absolute atomic E-state index is 0.630. The Labute approximate surface area is 85.7 Å². The Balaban J connectivity index is 2.01. The Hall–Kier alpha value is 0.240. The molecule has 0 unspecified atom stereocenters. The highest BCUT2D eigenvalue weighted by molar-refractivity contribution is 8.11. The largest absolute Gasteiger partial charge is 0.371 e. The maximum Gasteiger partial charge on any atom is 0.130 e. The van der Waals surface area contributed by atoms with Crippen molar-refractivity contribution >= 4 is 29.2 Å². The van der Waals surface area contributed by atoms with Gasteiger partial charge in [0.15, 0.2) is 0 Å². The first kappa shape index (κ1) is 10.3. The fraction of sp³-hybridized carbons (Fsp3) is 0.889. The van der Waals surface area contributed by atoms with Crippen LogP contribution in [0.5, 0.6) is 0 Å². The number of thiol groups is 1. The standard InChI is InChI=1S/C9H17NS2/c11-9(12)10-7-6-8-4-2-1-3-5-8/h8H,1-7H2,(H2,10,11,12). The van der Waals surface area contributed by atoms with Gasteiger partial charge < -0.3 is 5.32 Å². The summed E-state index contributed by atoms with van der Waals surface area (Å²) in [5, 5.41) is 3.09. The van der Waals surface area contributed by atoms with E-state index in [1.165, 1.54) is 38.5 Å². The maximum absolute atomic E-state index is 4.82. The van der Waals surface area contributed by atoms with Crippen molar-refractivity contribution in [3.63, 3.8) is 0 Å². The zero-order chi connectivity index (χ0) is 8.81. The van der Waals surface area contributed by atoms with Crippen LogP contribution in [-0.4, -0.2) is 10.9 Å². The lowest BCUT2D eigenvalue weighted by Gasteiger charge is -2.21. The van der Waals surface area contributed by atoms with Crippen molar-refractivity contribution in [3.05, 3.63) is 0 Å². The fourth-order valence-corrected chi connectivity index (χ4v) is 2.07. The topological polar surface area (TPSA) is 12.0 Å². The normalized spacial score (nSPS) is 19.1. The van der Waals surface area contributed by atoms with Crippen LogP contribution in [0.2, 0.25) is 0 Å². The van der Waals surface area contributed by atoms with Crippen LogP contribution in [0, 0.1) is 5.92 Å². The highest BCUT2D eigenvalue weighted by Crippen LogP contribution is 2.25. The summed E-state index contributed by atoms with van der Waals surface area (Å²) in [7, 11) is 0. The van der Waals surface area contributed by atoms with E-state index >= 15 is 0 Å². The van der Waals surface area contributed by atoms with Crippen LogP contribution in [0.4, 0.5) is 0 Å². The lowest BCUT2D eigenvalue weighted by atomic mass is 9.87. The van der Waals surface area contributed by atoms with E-state index in [1.807, 2.05) is 0 Å².